The van der Waals surface area contributed by atoms with Gasteiger partial charge in [-0.1, -0.05) is 6.07 Å². The summed E-state index contributed by atoms with van der Waals surface area (Å²) in [5, 5.41) is 13.8. The topological polar surface area (TPSA) is 64.4 Å². The van der Waals surface area contributed by atoms with Crippen molar-refractivity contribution in [3.8, 4) is 5.75 Å². The van der Waals surface area contributed by atoms with Crippen LogP contribution >= 0.6 is 0 Å². The average Bonchev–Trinajstić information content (AvgIpc) is 2.18. The molecule has 0 amide bonds. The van der Waals surface area contributed by atoms with Gasteiger partial charge in [-0.3, -0.25) is 10.1 Å². The van der Waals surface area contributed by atoms with Crippen LogP contribution in [0.2, 0.25) is 0 Å². The van der Waals surface area contributed by atoms with Crippen LogP contribution in [0.5, 0.6) is 5.75 Å². The van der Waals surface area contributed by atoms with Crippen LogP contribution in [-0.2, 0) is 0 Å². The molecule has 0 fully saturated rings. The molecule has 0 heterocycles. The van der Waals surface area contributed by atoms with Gasteiger partial charge >= 0.3 is 5.69 Å². The predicted octanol–water partition coefficient (Wildman–Crippen LogP) is 2.43. The quantitative estimate of drug-likeness (QED) is 0.598. The minimum atomic E-state index is -0.428. The zero-order valence-corrected chi connectivity index (χ0v) is 8.82. The van der Waals surface area contributed by atoms with Crippen LogP contribution in [0.15, 0.2) is 18.2 Å². The van der Waals surface area contributed by atoms with Gasteiger partial charge in [0.25, 0.3) is 0 Å². The summed E-state index contributed by atoms with van der Waals surface area (Å²) >= 11 is 0. The fraction of sp³-hybridized carbons (Fsp3) is 0.400. The van der Waals surface area contributed by atoms with Gasteiger partial charge in [0.2, 0.25) is 0 Å². The number of nitrogens with zero attached hydrogens (tertiary/aromatic N) is 1. The minimum absolute atomic E-state index is 0.00111. The highest BCUT2D eigenvalue weighted by Gasteiger charge is 2.19. The lowest BCUT2D eigenvalue weighted by Gasteiger charge is -2.08. The molecule has 0 aliphatic carbocycles. The first-order chi connectivity index (χ1) is 7.20. The number of nitrogens with one attached hydrogen (secondary N) is 1. The Bertz CT molecular complexity index is 328. The number of hydrogen-bond donors (Lipinski definition) is 1. The first kappa shape index (κ1) is 11.3. The van der Waals surface area contributed by atoms with E-state index in [1.54, 1.807) is 25.1 Å². The second kappa shape index (κ2) is 5.19. The summed E-state index contributed by atoms with van der Waals surface area (Å²) < 4.78 is 5.20. The molecule has 1 rings (SSSR count). The number of hydrogen-bond acceptors (Lipinski definition) is 4. The van der Waals surface area contributed by atoms with Gasteiger partial charge in [-0.05, 0) is 26.0 Å². The smallest absolute Gasteiger partial charge is 0.333 e. The summed E-state index contributed by atoms with van der Waals surface area (Å²) in [6, 6.07) is 5.00. The minimum Gasteiger partial charge on any atom is -0.487 e. The van der Waals surface area contributed by atoms with E-state index in [0.29, 0.717) is 24.6 Å². The Kier molecular flexibility index (Phi) is 3.91. The van der Waals surface area contributed by atoms with Gasteiger partial charge in [0.1, 0.15) is 5.69 Å². The fourth-order valence-electron chi connectivity index (χ4n) is 1.32. The molecule has 0 saturated heterocycles. The molecule has 15 heavy (non-hydrogen) atoms. The third-order valence-electron chi connectivity index (χ3n) is 1.85. The monoisotopic (exact) mass is 210 g/mol. The Morgan fingerprint density at radius 2 is 2.20 bits per heavy atom. The van der Waals surface area contributed by atoms with Crippen molar-refractivity contribution in [1.82, 2.24) is 0 Å². The first-order valence-corrected chi connectivity index (χ1v) is 4.84. The molecule has 5 heteroatoms. The third kappa shape index (κ3) is 2.59. The highest BCUT2D eigenvalue weighted by Crippen LogP contribution is 2.34. The molecule has 0 aliphatic rings. The molecule has 0 saturated carbocycles. The molecule has 0 spiro atoms. The molecule has 0 unspecified atom stereocenters. The molecule has 1 aromatic carbocycles. The molecule has 0 bridgehead atoms. The van der Waals surface area contributed by atoms with E-state index in [9.17, 15) is 10.1 Å². The van der Waals surface area contributed by atoms with Gasteiger partial charge < -0.3 is 10.1 Å². The van der Waals surface area contributed by atoms with Gasteiger partial charge in [0.05, 0.1) is 11.5 Å². The van der Waals surface area contributed by atoms with Crippen LogP contribution in [0.1, 0.15) is 13.8 Å². The van der Waals surface area contributed by atoms with E-state index in [-0.39, 0.29) is 5.69 Å². The van der Waals surface area contributed by atoms with Crippen molar-refractivity contribution in [1.29, 1.82) is 0 Å². The average molecular weight is 210 g/mol. The van der Waals surface area contributed by atoms with Crippen molar-refractivity contribution in [2.45, 2.75) is 13.8 Å². The standard InChI is InChI=1S/C10H14N2O3/c1-3-11-8-6-5-7-9(15-4-2)10(8)12(13)14/h5-7,11H,3-4H2,1-2H3. The Morgan fingerprint density at radius 1 is 1.47 bits per heavy atom. The number of ether oxygens (including phenoxy) is 1. The third-order valence-corrected chi connectivity index (χ3v) is 1.85. The zero-order chi connectivity index (χ0) is 11.3. The summed E-state index contributed by atoms with van der Waals surface area (Å²) in [4.78, 5) is 10.5. The van der Waals surface area contributed by atoms with Crippen molar-refractivity contribution in [3.63, 3.8) is 0 Å². The summed E-state index contributed by atoms with van der Waals surface area (Å²) in [6.07, 6.45) is 0. The second-order valence-electron chi connectivity index (χ2n) is 2.87. The van der Waals surface area contributed by atoms with E-state index >= 15 is 0 Å². The van der Waals surface area contributed by atoms with Crippen molar-refractivity contribution in [2.75, 3.05) is 18.5 Å². The van der Waals surface area contributed by atoms with E-state index in [0.717, 1.165) is 0 Å². The van der Waals surface area contributed by atoms with Crippen molar-refractivity contribution < 1.29 is 9.66 Å². The highest BCUT2D eigenvalue weighted by molar-refractivity contribution is 5.68. The van der Waals surface area contributed by atoms with Crippen LogP contribution in [0.3, 0.4) is 0 Å². The van der Waals surface area contributed by atoms with Gasteiger partial charge in [0, 0.05) is 6.54 Å². The zero-order valence-electron chi connectivity index (χ0n) is 8.82. The largest absolute Gasteiger partial charge is 0.487 e. The van der Waals surface area contributed by atoms with E-state index in [1.165, 1.54) is 0 Å². The lowest BCUT2D eigenvalue weighted by molar-refractivity contribution is -0.384. The van der Waals surface area contributed by atoms with Gasteiger partial charge in [0.15, 0.2) is 5.75 Å². The van der Waals surface area contributed by atoms with Crippen LogP contribution in [0, 0.1) is 10.1 Å². The van der Waals surface area contributed by atoms with Crippen LogP contribution in [0.4, 0.5) is 11.4 Å². The molecule has 82 valence electrons. The second-order valence-corrected chi connectivity index (χ2v) is 2.87. The molecule has 0 aromatic heterocycles. The van der Waals surface area contributed by atoms with Crippen LogP contribution in [0.25, 0.3) is 0 Å². The molecule has 1 N–H and O–H groups in total. The Labute approximate surface area is 88.2 Å². The van der Waals surface area contributed by atoms with Crippen LogP contribution in [-0.4, -0.2) is 18.1 Å². The molecular weight excluding hydrogens is 196 g/mol. The van der Waals surface area contributed by atoms with Crippen LogP contribution < -0.4 is 10.1 Å². The first-order valence-electron chi connectivity index (χ1n) is 4.84. The number of nitro groups is 1. The molecular formula is C10H14N2O3. The number of rotatable bonds is 5. The number of benzene rings is 1. The maximum Gasteiger partial charge on any atom is 0.333 e. The van der Waals surface area contributed by atoms with Gasteiger partial charge in [-0.2, -0.15) is 0 Å². The summed E-state index contributed by atoms with van der Waals surface area (Å²) in [7, 11) is 0. The Balaban J connectivity index is 3.15. The summed E-state index contributed by atoms with van der Waals surface area (Å²) in [6.45, 7) is 4.73. The number of para-hydroxylation sites is 1. The van der Waals surface area contributed by atoms with E-state index < -0.39 is 4.92 Å². The summed E-state index contributed by atoms with van der Waals surface area (Å²) in [5.74, 6) is 0.306. The molecule has 5 nitrogen and oxygen atoms in total. The lowest BCUT2D eigenvalue weighted by atomic mass is 10.2. The van der Waals surface area contributed by atoms with Gasteiger partial charge in [-0.15, -0.1) is 0 Å². The molecule has 0 radical (unpaired) electrons. The van der Waals surface area contributed by atoms with E-state index in [1.807, 2.05) is 6.92 Å². The fourth-order valence-corrected chi connectivity index (χ4v) is 1.32. The highest BCUT2D eigenvalue weighted by atomic mass is 16.6. The van der Waals surface area contributed by atoms with Crippen molar-refractivity contribution in [2.24, 2.45) is 0 Å². The lowest BCUT2D eigenvalue weighted by Crippen LogP contribution is -2.03. The van der Waals surface area contributed by atoms with E-state index in [4.69, 9.17) is 4.74 Å². The number of nitro benzene ring substituents is 1. The molecule has 0 atom stereocenters. The number of anilines is 1. The van der Waals surface area contributed by atoms with Crippen molar-refractivity contribution >= 4 is 11.4 Å². The Morgan fingerprint density at radius 3 is 2.73 bits per heavy atom. The van der Waals surface area contributed by atoms with Gasteiger partial charge in [-0.25, -0.2) is 0 Å². The van der Waals surface area contributed by atoms with Crippen molar-refractivity contribution in [3.05, 3.63) is 28.3 Å². The van der Waals surface area contributed by atoms with E-state index in [2.05, 4.69) is 5.32 Å². The maximum absolute atomic E-state index is 10.9. The molecule has 0 aliphatic heterocycles. The summed E-state index contributed by atoms with van der Waals surface area (Å²) in [5.41, 5.74) is 0.495. The normalized spacial score (nSPS) is 9.73. The molecule has 1 aromatic rings. The predicted molar refractivity (Wildman–Crippen MR) is 58.4 cm³/mol. The maximum atomic E-state index is 10.9. The Hall–Kier alpha value is -1.78. The SMILES string of the molecule is CCNc1cccc(OCC)c1[N+](=O)[O-].